The highest BCUT2D eigenvalue weighted by Crippen LogP contribution is 2.28. The minimum atomic E-state index is 0. The van der Waals surface area contributed by atoms with Gasteiger partial charge in [0.2, 0.25) is 0 Å². The van der Waals surface area contributed by atoms with Gasteiger partial charge in [0, 0.05) is 16.0 Å². The summed E-state index contributed by atoms with van der Waals surface area (Å²) in [5.74, 6) is 0.840. The first kappa shape index (κ1) is 19.2. The van der Waals surface area contributed by atoms with Gasteiger partial charge in [-0.2, -0.15) is 0 Å². The lowest BCUT2D eigenvalue weighted by Crippen LogP contribution is -2.27. The summed E-state index contributed by atoms with van der Waals surface area (Å²) in [6, 6.07) is 18.7. The van der Waals surface area contributed by atoms with Gasteiger partial charge in [-0.1, -0.05) is 41.9 Å². The largest absolute Gasteiger partial charge is 0.317 e. The molecule has 1 aliphatic heterocycles. The number of nitrogens with zero attached hydrogens (tertiary/aromatic N) is 1. The van der Waals surface area contributed by atoms with Gasteiger partial charge in [-0.15, -0.1) is 12.4 Å². The zero-order valence-electron chi connectivity index (χ0n) is 14.7. The number of hydrogen-bond donors (Lipinski definition) is 1. The van der Waals surface area contributed by atoms with E-state index in [2.05, 4.69) is 47.8 Å². The summed E-state index contributed by atoms with van der Waals surface area (Å²) in [5, 5.41) is 5.50. The van der Waals surface area contributed by atoms with Gasteiger partial charge < -0.3 is 5.32 Å². The van der Waals surface area contributed by atoms with Gasteiger partial charge >= 0.3 is 0 Å². The molecule has 4 rings (SSSR count). The van der Waals surface area contributed by atoms with Crippen LogP contribution in [0.4, 0.5) is 0 Å². The fraction of sp³-hybridized carbons (Fsp3) is 0.318. The summed E-state index contributed by atoms with van der Waals surface area (Å²) in [7, 11) is 0. The molecule has 2 nitrogen and oxygen atoms in total. The third kappa shape index (κ3) is 4.37. The van der Waals surface area contributed by atoms with Gasteiger partial charge in [-0.25, -0.2) is 4.98 Å². The summed E-state index contributed by atoms with van der Waals surface area (Å²) in [4.78, 5) is 4.88. The van der Waals surface area contributed by atoms with Gasteiger partial charge in [0.25, 0.3) is 0 Å². The molecule has 4 heteroatoms. The van der Waals surface area contributed by atoms with Gasteiger partial charge in [-0.05, 0) is 74.5 Å². The van der Waals surface area contributed by atoms with E-state index in [9.17, 15) is 0 Å². The number of pyridine rings is 1. The molecule has 136 valence electrons. The Morgan fingerprint density at radius 1 is 1.00 bits per heavy atom. The van der Waals surface area contributed by atoms with E-state index < -0.39 is 0 Å². The lowest BCUT2D eigenvalue weighted by atomic mass is 9.90. The molecule has 1 aromatic heterocycles. The standard InChI is InChI=1S/C22H23ClN2.ClH/c23-19-9-7-17(8-10-19)22-15-18(6-5-16-11-13-24-14-12-16)20-3-1-2-4-21(20)25-22;/h1-4,7-10,15-16,24H,5-6,11-14H2;1H. The zero-order chi connectivity index (χ0) is 17.1. The monoisotopic (exact) mass is 386 g/mol. The Morgan fingerprint density at radius 2 is 1.73 bits per heavy atom. The van der Waals surface area contributed by atoms with Crippen molar-refractivity contribution in [2.75, 3.05) is 13.1 Å². The molecule has 1 aliphatic rings. The number of para-hydroxylation sites is 1. The molecular weight excluding hydrogens is 363 g/mol. The van der Waals surface area contributed by atoms with E-state index in [1.807, 2.05) is 12.1 Å². The summed E-state index contributed by atoms with van der Waals surface area (Å²) in [6.07, 6.45) is 4.98. The predicted molar refractivity (Wildman–Crippen MR) is 113 cm³/mol. The highest BCUT2D eigenvalue weighted by molar-refractivity contribution is 6.30. The van der Waals surface area contributed by atoms with Gasteiger partial charge in [0.05, 0.1) is 11.2 Å². The number of aromatic nitrogens is 1. The number of aryl methyl sites for hydroxylation is 1. The van der Waals surface area contributed by atoms with E-state index in [-0.39, 0.29) is 12.4 Å². The highest BCUT2D eigenvalue weighted by atomic mass is 35.5. The maximum absolute atomic E-state index is 6.04. The zero-order valence-corrected chi connectivity index (χ0v) is 16.3. The Labute approximate surface area is 166 Å². The fourth-order valence-electron chi connectivity index (χ4n) is 3.75. The molecule has 1 fully saturated rings. The van der Waals surface area contributed by atoms with Crippen LogP contribution in [0.15, 0.2) is 54.6 Å². The van der Waals surface area contributed by atoms with E-state index in [0.717, 1.165) is 47.2 Å². The first-order valence-corrected chi connectivity index (χ1v) is 9.53. The van der Waals surface area contributed by atoms with Gasteiger partial charge in [0.1, 0.15) is 0 Å². The first-order chi connectivity index (χ1) is 12.3. The van der Waals surface area contributed by atoms with E-state index in [4.69, 9.17) is 16.6 Å². The van der Waals surface area contributed by atoms with Crippen LogP contribution in [0, 0.1) is 5.92 Å². The summed E-state index contributed by atoms with van der Waals surface area (Å²) < 4.78 is 0. The lowest BCUT2D eigenvalue weighted by molar-refractivity contribution is 0.354. The van der Waals surface area contributed by atoms with Gasteiger partial charge in [0.15, 0.2) is 0 Å². The molecule has 0 unspecified atom stereocenters. The molecule has 0 bridgehead atoms. The maximum Gasteiger partial charge on any atom is 0.0712 e. The number of nitrogens with one attached hydrogen (secondary N) is 1. The Bertz CT molecular complexity index is 856. The third-order valence-electron chi connectivity index (χ3n) is 5.22. The van der Waals surface area contributed by atoms with E-state index in [1.54, 1.807) is 0 Å². The van der Waals surface area contributed by atoms with Crippen molar-refractivity contribution < 1.29 is 0 Å². The van der Waals surface area contributed by atoms with Crippen LogP contribution in [0.3, 0.4) is 0 Å². The molecule has 0 spiro atoms. The third-order valence-corrected chi connectivity index (χ3v) is 5.47. The van der Waals surface area contributed by atoms with Crippen molar-refractivity contribution in [1.82, 2.24) is 10.3 Å². The topological polar surface area (TPSA) is 24.9 Å². The first-order valence-electron chi connectivity index (χ1n) is 9.15. The number of hydrogen-bond acceptors (Lipinski definition) is 2. The molecule has 3 aromatic rings. The van der Waals surface area contributed by atoms with Crippen molar-refractivity contribution in [2.45, 2.75) is 25.7 Å². The molecule has 1 N–H and O–H groups in total. The Balaban J connectivity index is 0.00000196. The minimum absolute atomic E-state index is 0. The molecular formula is C22H24Cl2N2. The van der Waals surface area contributed by atoms with E-state index >= 15 is 0 Å². The van der Waals surface area contributed by atoms with E-state index in [1.165, 1.54) is 30.2 Å². The summed E-state index contributed by atoms with van der Waals surface area (Å²) >= 11 is 6.04. The Morgan fingerprint density at radius 3 is 2.50 bits per heavy atom. The van der Waals surface area contributed by atoms with E-state index in [0.29, 0.717) is 0 Å². The van der Waals surface area contributed by atoms with Gasteiger partial charge in [-0.3, -0.25) is 0 Å². The molecule has 0 aliphatic carbocycles. The normalized spacial score (nSPS) is 15.0. The number of fused-ring (bicyclic) bond motifs is 1. The average Bonchev–Trinajstić information content (AvgIpc) is 2.67. The SMILES string of the molecule is Cl.Clc1ccc(-c2cc(CCC3CCNCC3)c3ccccc3n2)cc1. The van der Waals surface area contributed by atoms with Crippen LogP contribution in [0.2, 0.25) is 5.02 Å². The van der Waals surface area contributed by atoms with Crippen molar-refractivity contribution in [3.63, 3.8) is 0 Å². The van der Waals surface area contributed by atoms with Crippen LogP contribution in [0.5, 0.6) is 0 Å². The lowest BCUT2D eigenvalue weighted by Gasteiger charge is -2.22. The van der Waals surface area contributed by atoms with Crippen LogP contribution in [0.1, 0.15) is 24.8 Å². The summed E-state index contributed by atoms with van der Waals surface area (Å²) in [6.45, 7) is 2.33. The molecule has 2 aromatic carbocycles. The highest BCUT2D eigenvalue weighted by Gasteiger charge is 2.14. The van der Waals surface area contributed by atoms with Crippen molar-refractivity contribution in [3.05, 3.63) is 65.2 Å². The predicted octanol–water partition coefficient (Wildman–Crippen LogP) is 5.91. The number of benzene rings is 2. The molecule has 0 saturated carbocycles. The second-order valence-corrected chi connectivity index (χ2v) is 7.36. The van der Waals surface area contributed by atoms with Crippen LogP contribution in [0.25, 0.3) is 22.2 Å². The van der Waals surface area contributed by atoms with Crippen molar-refractivity contribution in [1.29, 1.82) is 0 Å². The van der Waals surface area contributed by atoms with Crippen molar-refractivity contribution in [3.8, 4) is 11.3 Å². The number of halogens is 2. The number of piperidine rings is 1. The fourth-order valence-corrected chi connectivity index (χ4v) is 3.88. The smallest absolute Gasteiger partial charge is 0.0712 e. The molecule has 2 heterocycles. The van der Waals surface area contributed by atoms with Crippen LogP contribution in [-0.2, 0) is 6.42 Å². The summed E-state index contributed by atoms with van der Waals surface area (Å²) in [5.41, 5.74) is 4.65. The molecule has 1 saturated heterocycles. The van der Waals surface area contributed by atoms with Crippen LogP contribution < -0.4 is 5.32 Å². The van der Waals surface area contributed by atoms with Crippen LogP contribution in [-0.4, -0.2) is 18.1 Å². The van der Waals surface area contributed by atoms with Crippen LogP contribution >= 0.6 is 24.0 Å². The maximum atomic E-state index is 6.04. The average molecular weight is 387 g/mol. The Hall–Kier alpha value is -1.61. The second kappa shape index (κ2) is 8.85. The number of rotatable bonds is 4. The molecule has 0 radical (unpaired) electrons. The second-order valence-electron chi connectivity index (χ2n) is 6.92. The van der Waals surface area contributed by atoms with Crippen molar-refractivity contribution in [2.24, 2.45) is 5.92 Å². The molecule has 26 heavy (non-hydrogen) atoms. The van der Waals surface area contributed by atoms with Crippen molar-refractivity contribution >= 4 is 34.9 Å². The molecule has 0 amide bonds. The molecule has 0 atom stereocenters. The minimum Gasteiger partial charge on any atom is -0.317 e. The Kier molecular flexibility index (Phi) is 6.53. The quantitative estimate of drug-likeness (QED) is 0.602.